The van der Waals surface area contributed by atoms with E-state index in [2.05, 4.69) is 20.3 Å². The molecule has 1 aromatic carbocycles. The zero-order valence-corrected chi connectivity index (χ0v) is 17.9. The van der Waals surface area contributed by atoms with Crippen LogP contribution in [0.1, 0.15) is 25.8 Å². The standard InChI is InChI=1S/C16H27FN4O2S.HI/c1-3-18-16(19-11-7-12-21-24(22,23)4-2)20-13-10-14-8-5-6-9-15(14)17;/h5-6,8-9,21H,3-4,7,10-13H2,1-2H3,(H2,18,19,20);1H. The molecular weight excluding hydrogens is 458 g/mol. The van der Waals surface area contributed by atoms with Crippen LogP contribution in [0.4, 0.5) is 4.39 Å². The van der Waals surface area contributed by atoms with Crippen molar-refractivity contribution in [2.24, 2.45) is 4.99 Å². The summed E-state index contributed by atoms with van der Waals surface area (Å²) in [5.41, 5.74) is 0.662. The van der Waals surface area contributed by atoms with Crippen molar-refractivity contribution in [3.8, 4) is 0 Å². The lowest BCUT2D eigenvalue weighted by molar-refractivity contribution is 0.580. The van der Waals surface area contributed by atoms with E-state index in [-0.39, 0.29) is 35.5 Å². The average molecular weight is 486 g/mol. The average Bonchev–Trinajstić information content (AvgIpc) is 2.56. The summed E-state index contributed by atoms with van der Waals surface area (Å²) in [6.45, 7) is 5.71. The first-order chi connectivity index (χ1) is 11.5. The van der Waals surface area contributed by atoms with Gasteiger partial charge >= 0.3 is 0 Å². The molecule has 0 bridgehead atoms. The van der Waals surface area contributed by atoms with Gasteiger partial charge in [-0.1, -0.05) is 18.2 Å². The van der Waals surface area contributed by atoms with E-state index in [4.69, 9.17) is 0 Å². The Morgan fingerprint density at radius 1 is 1.16 bits per heavy atom. The number of nitrogens with one attached hydrogen (secondary N) is 3. The highest BCUT2D eigenvalue weighted by atomic mass is 127. The van der Waals surface area contributed by atoms with Gasteiger partial charge in [0, 0.05) is 26.2 Å². The molecule has 3 N–H and O–H groups in total. The van der Waals surface area contributed by atoms with Gasteiger partial charge in [0.05, 0.1) is 5.75 Å². The molecule has 25 heavy (non-hydrogen) atoms. The second kappa shape index (κ2) is 13.3. The van der Waals surface area contributed by atoms with Gasteiger partial charge in [0.15, 0.2) is 5.96 Å². The maximum absolute atomic E-state index is 13.5. The fourth-order valence-corrected chi connectivity index (χ4v) is 2.62. The van der Waals surface area contributed by atoms with Gasteiger partial charge in [0.25, 0.3) is 0 Å². The van der Waals surface area contributed by atoms with Crippen LogP contribution in [0.25, 0.3) is 0 Å². The van der Waals surface area contributed by atoms with Crippen molar-refractivity contribution < 1.29 is 12.8 Å². The zero-order valence-electron chi connectivity index (χ0n) is 14.7. The number of guanidine groups is 1. The summed E-state index contributed by atoms with van der Waals surface area (Å²) in [6.07, 6.45) is 1.18. The number of nitrogens with zero attached hydrogens (tertiary/aromatic N) is 1. The Labute approximate surface area is 167 Å². The predicted molar refractivity (Wildman–Crippen MR) is 112 cm³/mol. The van der Waals surface area contributed by atoms with Crippen molar-refractivity contribution >= 4 is 40.0 Å². The molecule has 0 spiro atoms. The second-order valence-corrected chi connectivity index (χ2v) is 7.28. The third kappa shape index (κ3) is 10.6. The summed E-state index contributed by atoms with van der Waals surface area (Å²) in [6, 6.07) is 6.70. The van der Waals surface area contributed by atoms with Crippen LogP contribution >= 0.6 is 24.0 Å². The molecule has 0 fully saturated rings. The van der Waals surface area contributed by atoms with Crippen LogP contribution in [-0.4, -0.2) is 46.3 Å². The van der Waals surface area contributed by atoms with E-state index in [1.54, 1.807) is 19.1 Å². The summed E-state index contributed by atoms with van der Waals surface area (Å²) in [5, 5.41) is 6.26. The lowest BCUT2D eigenvalue weighted by atomic mass is 10.1. The van der Waals surface area contributed by atoms with E-state index in [1.165, 1.54) is 6.07 Å². The van der Waals surface area contributed by atoms with E-state index in [1.807, 2.05) is 13.0 Å². The smallest absolute Gasteiger partial charge is 0.211 e. The summed E-state index contributed by atoms with van der Waals surface area (Å²) in [4.78, 5) is 4.38. The molecule has 0 saturated heterocycles. The zero-order chi connectivity index (χ0) is 17.8. The molecule has 0 aliphatic rings. The Balaban J connectivity index is 0.00000576. The SMILES string of the molecule is CCNC(=NCCCNS(=O)(=O)CC)NCCc1ccccc1F.I. The highest BCUT2D eigenvalue weighted by Gasteiger charge is 2.04. The second-order valence-electron chi connectivity index (χ2n) is 5.18. The summed E-state index contributed by atoms with van der Waals surface area (Å²) >= 11 is 0. The molecule has 0 radical (unpaired) electrons. The fourth-order valence-electron chi connectivity index (χ4n) is 1.96. The molecule has 0 saturated carbocycles. The molecular formula is C16H28FIN4O2S. The van der Waals surface area contributed by atoms with E-state index in [9.17, 15) is 12.8 Å². The normalized spacial score (nSPS) is 11.7. The topological polar surface area (TPSA) is 82.6 Å². The minimum atomic E-state index is -3.14. The predicted octanol–water partition coefficient (Wildman–Crippen LogP) is 1.87. The molecule has 144 valence electrons. The Morgan fingerprint density at radius 2 is 1.88 bits per heavy atom. The lowest BCUT2D eigenvalue weighted by Crippen LogP contribution is -2.38. The Morgan fingerprint density at radius 3 is 2.52 bits per heavy atom. The van der Waals surface area contributed by atoms with Crippen molar-refractivity contribution in [3.05, 3.63) is 35.6 Å². The number of rotatable bonds is 10. The summed E-state index contributed by atoms with van der Waals surface area (Å²) in [5.74, 6) is 0.521. The van der Waals surface area contributed by atoms with Gasteiger partial charge in [-0.15, -0.1) is 24.0 Å². The van der Waals surface area contributed by atoms with Crippen LogP contribution in [0.2, 0.25) is 0 Å². The van der Waals surface area contributed by atoms with Crippen molar-refractivity contribution in [1.29, 1.82) is 0 Å². The van der Waals surface area contributed by atoms with Crippen LogP contribution in [-0.2, 0) is 16.4 Å². The van der Waals surface area contributed by atoms with Crippen LogP contribution in [0.3, 0.4) is 0 Å². The quantitative estimate of drug-likeness (QED) is 0.204. The largest absolute Gasteiger partial charge is 0.357 e. The number of benzene rings is 1. The number of aliphatic imine (C=N–C) groups is 1. The van der Waals surface area contributed by atoms with Gasteiger partial charge in [-0.05, 0) is 38.3 Å². The van der Waals surface area contributed by atoms with E-state index in [0.717, 1.165) is 0 Å². The van der Waals surface area contributed by atoms with Gasteiger partial charge in [-0.2, -0.15) is 0 Å². The Kier molecular flexibility index (Phi) is 12.8. The van der Waals surface area contributed by atoms with Gasteiger partial charge in [0.1, 0.15) is 5.82 Å². The summed E-state index contributed by atoms with van der Waals surface area (Å²) in [7, 11) is -3.14. The third-order valence-electron chi connectivity index (χ3n) is 3.30. The molecule has 0 aliphatic carbocycles. The van der Waals surface area contributed by atoms with Gasteiger partial charge in [-0.25, -0.2) is 17.5 Å². The van der Waals surface area contributed by atoms with E-state index in [0.29, 0.717) is 50.5 Å². The molecule has 1 rings (SSSR count). The minimum absolute atomic E-state index is 0. The first-order valence-electron chi connectivity index (χ1n) is 8.21. The summed E-state index contributed by atoms with van der Waals surface area (Å²) < 4.78 is 38.7. The van der Waals surface area contributed by atoms with Crippen molar-refractivity contribution in [3.63, 3.8) is 0 Å². The number of hydrogen-bond donors (Lipinski definition) is 3. The van der Waals surface area contributed by atoms with Gasteiger partial charge < -0.3 is 10.6 Å². The molecule has 0 heterocycles. The van der Waals surface area contributed by atoms with Crippen LogP contribution in [0.5, 0.6) is 0 Å². The molecule has 9 heteroatoms. The Hall–Kier alpha value is -0.940. The van der Waals surface area contributed by atoms with E-state index >= 15 is 0 Å². The molecule has 0 unspecified atom stereocenters. The minimum Gasteiger partial charge on any atom is -0.357 e. The maximum Gasteiger partial charge on any atom is 0.211 e. The number of hydrogen-bond acceptors (Lipinski definition) is 3. The highest BCUT2D eigenvalue weighted by molar-refractivity contribution is 14.0. The first-order valence-corrected chi connectivity index (χ1v) is 9.86. The lowest BCUT2D eigenvalue weighted by Gasteiger charge is -2.11. The first kappa shape index (κ1) is 24.1. The Bertz CT molecular complexity index is 626. The number of halogens is 2. The molecule has 0 aliphatic heterocycles. The number of sulfonamides is 1. The van der Waals surface area contributed by atoms with Crippen LogP contribution in [0.15, 0.2) is 29.3 Å². The fraction of sp³-hybridized carbons (Fsp3) is 0.562. The molecule has 0 atom stereocenters. The maximum atomic E-state index is 13.5. The van der Waals surface area contributed by atoms with E-state index < -0.39 is 10.0 Å². The monoisotopic (exact) mass is 486 g/mol. The third-order valence-corrected chi connectivity index (χ3v) is 4.70. The molecule has 1 aromatic rings. The highest BCUT2D eigenvalue weighted by Crippen LogP contribution is 2.06. The van der Waals surface area contributed by atoms with Crippen molar-refractivity contribution in [1.82, 2.24) is 15.4 Å². The molecule has 0 aromatic heterocycles. The van der Waals surface area contributed by atoms with Gasteiger partial charge in [0.2, 0.25) is 10.0 Å². The van der Waals surface area contributed by atoms with Crippen molar-refractivity contribution in [2.75, 3.05) is 31.9 Å². The molecule has 6 nitrogen and oxygen atoms in total. The molecule has 0 amide bonds. The van der Waals surface area contributed by atoms with Crippen molar-refractivity contribution in [2.45, 2.75) is 26.7 Å². The van der Waals surface area contributed by atoms with Crippen LogP contribution < -0.4 is 15.4 Å². The van der Waals surface area contributed by atoms with Crippen LogP contribution in [0, 0.1) is 5.82 Å². The van der Waals surface area contributed by atoms with Gasteiger partial charge in [-0.3, -0.25) is 4.99 Å².